The van der Waals surface area contributed by atoms with Crippen molar-refractivity contribution in [3.05, 3.63) is 88.5 Å². The Kier molecular flexibility index (Phi) is 8.14. The Balaban J connectivity index is 1.67. The lowest BCUT2D eigenvalue weighted by molar-refractivity contribution is -0.124. The Labute approximate surface area is 205 Å². The van der Waals surface area contributed by atoms with Gasteiger partial charge in [-0.1, -0.05) is 42.0 Å². The van der Waals surface area contributed by atoms with Gasteiger partial charge in [0.15, 0.2) is 6.61 Å². The Morgan fingerprint density at radius 1 is 0.914 bits per heavy atom. The van der Waals surface area contributed by atoms with E-state index in [2.05, 4.69) is 10.0 Å². The van der Waals surface area contributed by atoms with Crippen molar-refractivity contribution < 1.29 is 27.5 Å². The second-order valence-corrected chi connectivity index (χ2v) is 9.70. The minimum atomic E-state index is -3.97. The maximum absolute atomic E-state index is 13.1. The lowest BCUT2D eigenvalue weighted by Gasteiger charge is -2.16. The molecule has 0 saturated carbocycles. The molecule has 184 valence electrons. The van der Waals surface area contributed by atoms with Crippen LogP contribution >= 0.6 is 0 Å². The molecule has 3 aromatic carbocycles. The molecule has 9 heteroatoms. The summed E-state index contributed by atoms with van der Waals surface area (Å²) in [5.41, 5.74) is 3.04. The van der Waals surface area contributed by atoms with Crippen LogP contribution in [0.25, 0.3) is 0 Å². The van der Waals surface area contributed by atoms with Crippen molar-refractivity contribution in [3.63, 3.8) is 0 Å². The summed E-state index contributed by atoms with van der Waals surface area (Å²) in [5, 5.41) is 2.67. The van der Waals surface area contributed by atoms with Gasteiger partial charge in [-0.2, -0.15) is 0 Å². The van der Waals surface area contributed by atoms with E-state index in [9.17, 15) is 18.0 Å². The normalized spacial score (nSPS) is 11.0. The zero-order chi connectivity index (χ0) is 25.6. The maximum atomic E-state index is 13.1. The first-order valence-corrected chi connectivity index (χ1v) is 12.4. The molecular formula is C26H28N2O6S. The number of methoxy groups -OCH3 is 1. The summed E-state index contributed by atoms with van der Waals surface area (Å²) in [6.45, 7) is 5.05. The van der Waals surface area contributed by atoms with Crippen molar-refractivity contribution in [1.82, 2.24) is 5.32 Å². The number of aryl methyl sites for hydroxylation is 3. The van der Waals surface area contributed by atoms with Crippen LogP contribution < -0.4 is 14.8 Å². The fraction of sp³-hybridized carbons (Fsp3) is 0.231. The third-order valence-electron chi connectivity index (χ3n) is 5.22. The summed E-state index contributed by atoms with van der Waals surface area (Å²) < 4.78 is 39.0. The van der Waals surface area contributed by atoms with Crippen molar-refractivity contribution in [2.75, 3.05) is 18.4 Å². The third kappa shape index (κ3) is 6.60. The second kappa shape index (κ2) is 11.1. The quantitative estimate of drug-likeness (QED) is 0.435. The highest BCUT2D eigenvalue weighted by atomic mass is 32.2. The minimum Gasteiger partial charge on any atom is -0.497 e. The van der Waals surface area contributed by atoms with Crippen molar-refractivity contribution >= 4 is 27.6 Å². The van der Waals surface area contributed by atoms with Crippen LogP contribution in [0.1, 0.15) is 32.6 Å². The predicted molar refractivity (Wildman–Crippen MR) is 133 cm³/mol. The molecule has 0 aliphatic carbocycles. The molecule has 3 rings (SSSR count). The fourth-order valence-electron chi connectivity index (χ4n) is 3.78. The first kappa shape index (κ1) is 25.8. The number of anilines is 1. The number of hydrogen-bond donors (Lipinski definition) is 2. The van der Waals surface area contributed by atoms with Gasteiger partial charge in [0, 0.05) is 6.54 Å². The molecule has 0 unspecified atom stereocenters. The molecule has 0 aliphatic heterocycles. The van der Waals surface area contributed by atoms with Gasteiger partial charge in [-0.3, -0.25) is 9.52 Å². The summed E-state index contributed by atoms with van der Waals surface area (Å²) in [6, 6.07) is 16.9. The molecule has 0 heterocycles. The summed E-state index contributed by atoms with van der Waals surface area (Å²) in [5.74, 6) is -0.652. The number of ether oxygens (including phenoxy) is 2. The van der Waals surface area contributed by atoms with E-state index < -0.39 is 28.5 Å². The Hall–Kier alpha value is -3.85. The van der Waals surface area contributed by atoms with Gasteiger partial charge in [0.25, 0.3) is 15.9 Å². The van der Waals surface area contributed by atoms with Gasteiger partial charge in [-0.25, -0.2) is 13.2 Å². The topological polar surface area (TPSA) is 111 Å². The van der Waals surface area contributed by atoms with Gasteiger partial charge in [0.2, 0.25) is 0 Å². The number of hydrogen-bond acceptors (Lipinski definition) is 6. The molecule has 8 nitrogen and oxygen atoms in total. The van der Waals surface area contributed by atoms with Gasteiger partial charge in [-0.15, -0.1) is 0 Å². The fourth-order valence-corrected chi connectivity index (χ4v) is 5.31. The predicted octanol–water partition coefficient (Wildman–Crippen LogP) is 3.89. The summed E-state index contributed by atoms with van der Waals surface area (Å²) in [6.07, 6.45) is 0. The van der Waals surface area contributed by atoms with Gasteiger partial charge in [0.05, 0.1) is 23.3 Å². The number of amides is 1. The summed E-state index contributed by atoms with van der Waals surface area (Å²) in [7, 11) is -2.42. The maximum Gasteiger partial charge on any atom is 0.340 e. The number of esters is 1. The van der Waals surface area contributed by atoms with Gasteiger partial charge >= 0.3 is 5.97 Å². The number of carbonyl (C=O) groups is 2. The smallest absolute Gasteiger partial charge is 0.340 e. The van der Waals surface area contributed by atoms with Crippen LogP contribution in [0.3, 0.4) is 0 Å². The third-order valence-corrected chi connectivity index (χ3v) is 6.89. The van der Waals surface area contributed by atoms with Crippen molar-refractivity contribution in [2.45, 2.75) is 32.2 Å². The van der Waals surface area contributed by atoms with Crippen LogP contribution in [0.15, 0.2) is 65.6 Å². The molecule has 0 bridgehead atoms. The van der Waals surface area contributed by atoms with Crippen LogP contribution in [0.2, 0.25) is 0 Å². The molecule has 2 N–H and O–H groups in total. The van der Waals surface area contributed by atoms with E-state index in [1.165, 1.54) is 12.1 Å². The lowest BCUT2D eigenvalue weighted by atomic mass is 10.1. The van der Waals surface area contributed by atoms with E-state index in [0.29, 0.717) is 16.9 Å². The zero-order valence-corrected chi connectivity index (χ0v) is 20.9. The number of benzene rings is 3. The van der Waals surface area contributed by atoms with E-state index in [1.807, 2.05) is 13.0 Å². The van der Waals surface area contributed by atoms with E-state index in [1.54, 1.807) is 63.4 Å². The zero-order valence-electron chi connectivity index (χ0n) is 20.0. The molecule has 0 atom stereocenters. The van der Waals surface area contributed by atoms with E-state index in [-0.39, 0.29) is 22.7 Å². The SMILES string of the molecule is COc1cccc(CNC(=O)COC(=O)c2ccccc2NS(=O)(=O)c2c(C)cc(C)cc2C)c1. The van der Waals surface area contributed by atoms with Gasteiger partial charge in [0.1, 0.15) is 5.75 Å². The van der Waals surface area contributed by atoms with Gasteiger partial charge in [-0.05, 0) is 61.7 Å². The number of sulfonamides is 1. The van der Waals surface area contributed by atoms with Crippen LogP contribution in [-0.4, -0.2) is 34.0 Å². The molecule has 0 aliphatic rings. The van der Waals surface area contributed by atoms with Crippen LogP contribution in [0.5, 0.6) is 5.75 Å². The average molecular weight is 497 g/mol. The lowest BCUT2D eigenvalue weighted by Crippen LogP contribution is -2.28. The molecular weight excluding hydrogens is 468 g/mol. The number of carbonyl (C=O) groups excluding carboxylic acids is 2. The highest BCUT2D eigenvalue weighted by molar-refractivity contribution is 7.92. The molecule has 35 heavy (non-hydrogen) atoms. The van der Waals surface area contributed by atoms with Crippen LogP contribution in [-0.2, 0) is 26.1 Å². The largest absolute Gasteiger partial charge is 0.497 e. The van der Waals surface area contributed by atoms with Crippen molar-refractivity contribution in [3.8, 4) is 5.75 Å². The van der Waals surface area contributed by atoms with Crippen molar-refractivity contribution in [1.29, 1.82) is 0 Å². The monoisotopic (exact) mass is 496 g/mol. The highest BCUT2D eigenvalue weighted by Crippen LogP contribution is 2.26. The second-order valence-electron chi connectivity index (χ2n) is 8.08. The Morgan fingerprint density at radius 3 is 2.29 bits per heavy atom. The molecule has 0 fully saturated rings. The molecule has 0 aromatic heterocycles. The highest BCUT2D eigenvalue weighted by Gasteiger charge is 2.23. The van der Waals surface area contributed by atoms with E-state index in [4.69, 9.17) is 9.47 Å². The van der Waals surface area contributed by atoms with E-state index >= 15 is 0 Å². The Bertz CT molecular complexity index is 1330. The molecule has 1 amide bonds. The first-order valence-electron chi connectivity index (χ1n) is 10.9. The van der Waals surface area contributed by atoms with Gasteiger partial charge < -0.3 is 14.8 Å². The summed E-state index contributed by atoms with van der Waals surface area (Å²) in [4.78, 5) is 25.0. The molecule has 0 saturated heterocycles. The number of nitrogens with one attached hydrogen (secondary N) is 2. The molecule has 0 radical (unpaired) electrons. The molecule has 0 spiro atoms. The summed E-state index contributed by atoms with van der Waals surface area (Å²) >= 11 is 0. The molecule has 3 aromatic rings. The minimum absolute atomic E-state index is 0.000844. The first-order chi connectivity index (χ1) is 16.6. The average Bonchev–Trinajstić information content (AvgIpc) is 2.80. The Morgan fingerprint density at radius 2 is 1.60 bits per heavy atom. The number of rotatable bonds is 9. The standard InChI is InChI=1S/C26H28N2O6S/c1-17-12-18(2)25(19(3)13-17)35(31,32)28-23-11-6-5-10-22(23)26(30)34-16-24(29)27-15-20-8-7-9-21(14-20)33-4/h5-14,28H,15-16H2,1-4H3,(H,27,29). The van der Waals surface area contributed by atoms with Crippen LogP contribution in [0.4, 0.5) is 5.69 Å². The van der Waals surface area contributed by atoms with Crippen LogP contribution in [0, 0.1) is 20.8 Å². The van der Waals surface area contributed by atoms with E-state index in [0.717, 1.165) is 11.1 Å². The number of para-hydroxylation sites is 1. The van der Waals surface area contributed by atoms with Crippen molar-refractivity contribution in [2.24, 2.45) is 0 Å².